The summed E-state index contributed by atoms with van der Waals surface area (Å²) in [6, 6.07) is 12.7. The summed E-state index contributed by atoms with van der Waals surface area (Å²) in [5, 5.41) is 32.3. The lowest BCUT2D eigenvalue weighted by molar-refractivity contribution is -0.0591. The van der Waals surface area contributed by atoms with E-state index in [0.29, 0.717) is 28.4 Å². The van der Waals surface area contributed by atoms with Gasteiger partial charge in [-0.25, -0.2) is 9.07 Å². The first-order valence-corrected chi connectivity index (χ1v) is 9.45. The first kappa shape index (κ1) is 19.8. The molecule has 1 aliphatic rings. The van der Waals surface area contributed by atoms with E-state index in [0.717, 1.165) is 0 Å². The van der Waals surface area contributed by atoms with Crippen LogP contribution >= 0.6 is 0 Å². The Morgan fingerprint density at radius 1 is 1.27 bits per heavy atom. The van der Waals surface area contributed by atoms with Gasteiger partial charge in [0.15, 0.2) is 5.82 Å². The van der Waals surface area contributed by atoms with Gasteiger partial charge in [-0.2, -0.15) is 5.26 Å². The van der Waals surface area contributed by atoms with Crippen molar-refractivity contribution in [2.45, 2.75) is 38.1 Å². The molecular formula is C21H21FN6O2. The Morgan fingerprint density at radius 3 is 2.63 bits per heavy atom. The minimum atomic E-state index is -0.954. The normalized spacial score (nSPS) is 19.5. The van der Waals surface area contributed by atoms with Crippen LogP contribution in [0.25, 0.3) is 0 Å². The number of aliphatic hydroxyl groups excluding tert-OH is 1. The van der Waals surface area contributed by atoms with Gasteiger partial charge in [0.25, 0.3) is 0 Å². The number of halogens is 1. The number of fused-ring (bicyclic) bond motifs is 1. The molecule has 0 amide bonds. The van der Waals surface area contributed by atoms with E-state index in [1.54, 1.807) is 55.9 Å². The van der Waals surface area contributed by atoms with Crippen LogP contribution < -0.4 is 9.64 Å². The number of nitriles is 1. The van der Waals surface area contributed by atoms with Crippen molar-refractivity contribution in [1.82, 2.24) is 20.2 Å². The lowest BCUT2D eigenvalue weighted by Crippen LogP contribution is -2.53. The van der Waals surface area contributed by atoms with Gasteiger partial charge in [-0.05, 0) is 66.7 Å². The van der Waals surface area contributed by atoms with E-state index in [-0.39, 0.29) is 12.4 Å². The highest BCUT2D eigenvalue weighted by Crippen LogP contribution is 2.45. The van der Waals surface area contributed by atoms with Crippen molar-refractivity contribution >= 4 is 5.69 Å². The summed E-state index contributed by atoms with van der Waals surface area (Å²) >= 11 is 0. The van der Waals surface area contributed by atoms with Gasteiger partial charge in [-0.1, -0.05) is 0 Å². The molecule has 0 radical (unpaired) electrons. The highest BCUT2D eigenvalue weighted by atomic mass is 19.1. The second-order valence-corrected chi connectivity index (χ2v) is 7.78. The minimum absolute atomic E-state index is 0.253. The van der Waals surface area contributed by atoms with Gasteiger partial charge in [-0.3, -0.25) is 0 Å². The largest absolute Gasteiger partial charge is 0.485 e. The van der Waals surface area contributed by atoms with Gasteiger partial charge in [0.1, 0.15) is 23.3 Å². The fraction of sp³-hybridized carbons (Fsp3) is 0.333. The molecule has 2 atom stereocenters. The van der Waals surface area contributed by atoms with Gasteiger partial charge < -0.3 is 14.7 Å². The predicted octanol–water partition coefficient (Wildman–Crippen LogP) is 2.50. The summed E-state index contributed by atoms with van der Waals surface area (Å²) in [7, 11) is 1.73. The number of hydrogen-bond donors (Lipinski definition) is 1. The third-order valence-electron chi connectivity index (χ3n) is 5.36. The fourth-order valence-electron chi connectivity index (χ4n) is 3.69. The third kappa shape index (κ3) is 3.46. The molecule has 0 aliphatic carbocycles. The lowest BCUT2D eigenvalue weighted by atomic mass is 9.84. The Bertz CT molecular complexity index is 1110. The Kier molecular flexibility index (Phi) is 4.87. The number of rotatable bonds is 4. The van der Waals surface area contributed by atoms with Crippen LogP contribution in [-0.2, 0) is 13.6 Å². The summed E-state index contributed by atoms with van der Waals surface area (Å²) in [6.45, 7) is 3.86. The number of benzene rings is 2. The molecule has 2 aromatic carbocycles. The molecule has 0 unspecified atom stereocenters. The number of ether oxygens (including phenoxy) is 1. The molecule has 0 fully saturated rings. The second-order valence-electron chi connectivity index (χ2n) is 7.78. The highest BCUT2D eigenvalue weighted by Gasteiger charge is 2.46. The zero-order chi connectivity index (χ0) is 21.5. The monoisotopic (exact) mass is 408 g/mol. The predicted molar refractivity (Wildman–Crippen MR) is 106 cm³/mol. The van der Waals surface area contributed by atoms with E-state index in [1.807, 2.05) is 4.90 Å². The molecule has 154 valence electrons. The smallest absolute Gasteiger partial charge is 0.170 e. The maximum atomic E-state index is 13.6. The average Bonchev–Trinajstić information content (AvgIpc) is 3.12. The molecular weight excluding hydrogens is 387 g/mol. The van der Waals surface area contributed by atoms with Crippen LogP contribution in [0.1, 0.15) is 36.8 Å². The highest BCUT2D eigenvalue weighted by molar-refractivity contribution is 5.54. The molecule has 0 bridgehead atoms. The SMILES string of the molecule is Cn1nnnc1CN(c1ccc(F)cc1)[C@H]1c2cc(C#N)ccc2OC(C)(C)[C@@H]1O. The molecule has 1 aliphatic heterocycles. The van der Waals surface area contributed by atoms with Crippen molar-refractivity contribution in [3.8, 4) is 11.8 Å². The number of anilines is 1. The summed E-state index contributed by atoms with van der Waals surface area (Å²) in [5.41, 5.74) is 0.894. The van der Waals surface area contributed by atoms with Crippen molar-refractivity contribution in [3.05, 3.63) is 65.2 Å². The molecule has 3 aromatic rings. The maximum absolute atomic E-state index is 13.6. The number of tetrazole rings is 1. The van der Waals surface area contributed by atoms with Crippen LogP contribution in [0.3, 0.4) is 0 Å². The van der Waals surface area contributed by atoms with Crippen molar-refractivity contribution in [2.24, 2.45) is 7.05 Å². The lowest BCUT2D eigenvalue weighted by Gasteiger charge is -2.47. The van der Waals surface area contributed by atoms with E-state index in [4.69, 9.17) is 4.74 Å². The van der Waals surface area contributed by atoms with E-state index in [1.165, 1.54) is 12.1 Å². The van der Waals surface area contributed by atoms with Gasteiger partial charge in [-0.15, -0.1) is 5.10 Å². The Morgan fingerprint density at radius 2 is 2.00 bits per heavy atom. The summed E-state index contributed by atoms with van der Waals surface area (Å²) in [4.78, 5) is 1.90. The van der Waals surface area contributed by atoms with Crippen molar-refractivity contribution in [3.63, 3.8) is 0 Å². The molecule has 0 saturated heterocycles. The van der Waals surface area contributed by atoms with Gasteiger partial charge in [0.2, 0.25) is 0 Å². The maximum Gasteiger partial charge on any atom is 0.170 e. The molecule has 0 saturated carbocycles. The van der Waals surface area contributed by atoms with Crippen LogP contribution in [-0.4, -0.2) is 37.0 Å². The summed E-state index contributed by atoms with van der Waals surface area (Å²) in [6.07, 6.45) is -0.954. The van der Waals surface area contributed by atoms with E-state index in [2.05, 4.69) is 21.6 Å². The Hall–Kier alpha value is -3.51. The molecule has 2 heterocycles. The summed E-state index contributed by atoms with van der Waals surface area (Å²) < 4.78 is 21.2. The summed E-state index contributed by atoms with van der Waals surface area (Å²) in [5.74, 6) is 0.783. The number of hydrogen-bond acceptors (Lipinski definition) is 7. The number of aryl methyl sites for hydroxylation is 1. The number of aromatic nitrogens is 4. The average molecular weight is 408 g/mol. The second kappa shape index (κ2) is 7.39. The standard InChI is InChI=1S/C21H21FN6O2/c1-21(2)20(29)19(16-10-13(11-23)4-9-17(16)30-21)28(12-18-24-25-26-27(18)3)15-7-5-14(22)6-8-15/h4-10,19-20,29H,12H2,1-3H3/t19-,20+/m0/s1. The molecule has 1 aromatic heterocycles. The van der Waals surface area contributed by atoms with Gasteiger partial charge >= 0.3 is 0 Å². The quantitative estimate of drug-likeness (QED) is 0.708. The minimum Gasteiger partial charge on any atom is -0.485 e. The molecule has 4 rings (SSSR count). The molecule has 0 spiro atoms. The molecule has 30 heavy (non-hydrogen) atoms. The van der Waals surface area contributed by atoms with Crippen LogP contribution in [0.15, 0.2) is 42.5 Å². The van der Waals surface area contributed by atoms with Gasteiger partial charge in [0, 0.05) is 18.3 Å². The molecule has 9 heteroatoms. The van der Waals surface area contributed by atoms with Crippen LogP contribution in [0, 0.1) is 17.1 Å². The molecule has 8 nitrogen and oxygen atoms in total. The third-order valence-corrected chi connectivity index (χ3v) is 5.36. The first-order chi connectivity index (χ1) is 14.3. The topological polar surface area (TPSA) is 100 Å². The van der Waals surface area contributed by atoms with E-state index >= 15 is 0 Å². The number of nitrogens with zero attached hydrogens (tertiary/aromatic N) is 6. The van der Waals surface area contributed by atoms with Crippen LogP contribution in [0.2, 0.25) is 0 Å². The first-order valence-electron chi connectivity index (χ1n) is 9.45. The van der Waals surface area contributed by atoms with Crippen LogP contribution in [0.4, 0.5) is 10.1 Å². The zero-order valence-electron chi connectivity index (χ0n) is 16.8. The van der Waals surface area contributed by atoms with Crippen molar-refractivity contribution in [2.75, 3.05) is 4.90 Å². The van der Waals surface area contributed by atoms with Crippen molar-refractivity contribution in [1.29, 1.82) is 5.26 Å². The fourth-order valence-corrected chi connectivity index (χ4v) is 3.69. The molecule has 1 N–H and O–H groups in total. The van der Waals surface area contributed by atoms with Gasteiger partial charge in [0.05, 0.1) is 24.2 Å². The Labute approximate surface area is 173 Å². The van der Waals surface area contributed by atoms with Crippen molar-refractivity contribution < 1.29 is 14.2 Å². The van der Waals surface area contributed by atoms with E-state index in [9.17, 15) is 14.8 Å². The zero-order valence-corrected chi connectivity index (χ0v) is 16.8. The number of aliphatic hydroxyl groups is 1. The van der Waals surface area contributed by atoms with Crippen LogP contribution in [0.5, 0.6) is 5.75 Å². The Balaban J connectivity index is 1.89. The van der Waals surface area contributed by atoms with E-state index < -0.39 is 17.7 Å².